The monoisotopic (exact) mass is 466 g/mol. The van der Waals surface area contributed by atoms with E-state index >= 15 is 0 Å². The van der Waals surface area contributed by atoms with Gasteiger partial charge in [-0.15, -0.1) is 0 Å². The Morgan fingerprint density at radius 3 is 2.58 bits per heavy atom. The average Bonchev–Trinajstić information content (AvgIpc) is 2.83. The number of aromatic nitrogens is 3. The number of hydrogen-bond acceptors (Lipinski definition) is 5. The van der Waals surface area contributed by atoms with Gasteiger partial charge in [0.2, 0.25) is 22.8 Å². The molecule has 0 aliphatic carbocycles. The lowest BCUT2D eigenvalue weighted by Gasteiger charge is -2.35. The Morgan fingerprint density at radius 2 is 1.91 bits per heavy atom. The molecular formula is C25H29ClN5O2+. The second-order valence-corrected chi connectivity index (χ2v) is 9.26. The Hall–Kier alpha value is -2.90. The molecule has 1 aromatic carbocycles. The van der Waals surface area contributed by atoms with E-state index in [-0.39, 0.29) is 11.6 Å². The first-order valence-electron chi connectivity index (χ1n) is 11.2. The maximum Gasteiger partial charge on any atom is 0.261 e. The number of aldehydes is 1. The number of pyridine rings is 1. The molecule has 2 aromatic heterocycles. The third-order valence-electron chi connectivity index (χ3n) is 6.62. The molecule has 0 spiro atoms. The number of nitrogens with zero attached hydrogens (tertiary/aromatic N) is 5. The minimum absolute atomic E-state index is 0.0192. The first-order chi connectivity index (χ1) is 15.8. The van der Waals surface area contributed by atoms with Gasteiger partial charge in [0.1, 0.15) is 7.05 Å². The third-order valence-corrected chi connectivity index (χ3v) is 6.91. The highest BCUT2D eigenvalue weighted by atomic mass is 35.5. The quantitative estimate of drug-likeness (QED) is 0.245. The van der Waals surface area contributed by atoms with Crippen LogP contribution in [-0.4, -0.2) is 62.2 Å². The molecule has 0 radical (unpaired) electrons. The summed E-state index contributed by atoms with van der Waals surface area (Å²) in [7, 11) is 1.77. The van der Waals surface area contributed by atoms with Crippen LogP contribution < -0.4 is 5.56 Å². The summed E-state index contributed by atoms with van der Waals surface area (Å²) in [4.78, 5) is 35.9. The van der Waals surface area contributed by atoms with Crippen molar-refractivity contribution >= 4 is 40.2 Å². The number of halogens is 1. The second-order valence-electron chi connectivity index (χ2n) is 8.90. The van der Waals surface area contributed by atoms with Crippen molar-refractivity contribution in [3.8, 4) is 11.1 Å². The molecule has 0 atom stereocenters. The first kappa shape index (κ1) is 23.3. The van der Waals surface area contributed by atoms with Gasteiger partial charge in [0.15, 0.2) is 0 Å². The molecule has 172 valence electrons. The molecule has 0 unspecified atom stereocenters. The number of hydrogen-bond donors (Lipinski definition) is 0. The van der Waals surface area contributed by atoms with Crippen LogP contribution in [0, 0.1) is 0 Å². The second kappa shape index (κ2) is 9.53. The molecule has 1 saturated heterocycles. The third kappa shape index (κ3) is 4.61. The number of fused-ring (bicyclic) bond motifs is 1. The molecule has 0 amide bonds. The van der Waals surface area contributed by atoms with Crippen LogP contribution in [0.1, 0.15) is 39.7 Å². The molecule has 1 aliphatic heterocycles. The molecule has 0 N–H and O–H groups in total. The zero-order valence-electron chi connectivity index (χ0n) is 19.5. The van der Waals surface area contributed by atoms with Crippen molar-refractivity contribution in [2.75, 3.05) is 20.1 Å². The van der Waals surface area contributed by atoms with Gasteiger partial charge in [0.05, 0.1) is 17.2 Å². The normalized spacial score (nSPS) is 16.3. The summed E-state index contributed by atoms with van der Waals surface area (Å²) in [6.45, 7) is 8.09. The van der Waals surface area contributed by atoms with Crippen molar-refractivity contribution in [3.05, 3.63) is 52.3 Å². The number of piperidine rings is 1. The van der Waals surface area contributed by atoms with Gasteiger partial charge in [0, 0.05) is 49.9 Å². The fourth-order valence-corrected chi connectivity index (χ4v) is 4.58. The molecule has 4 rings (SSSR count). The Morgan fingerprint density at radius 1 is 1.18 bits per heavy atom. The van der Waals surface area contributed by atoms with E-state index in [1.807, 2.05) is 24.3 Å². The van der Waals surface area contributed by atoms with E-state index in [1.165, 1.54) is 0 Å². The molecule has 3 aromatic rings. The Balaban J connectivity index is 1.73. The van der Waals surface area contributed by atoms with E-state index < -0.39 is 0 Å². The molecule has 3 heterocycles. The van der Waals surface area contributed by atoms with Crippen LogP contribution in [0.2, 0.25) is 5.15 Å². The summed E-state index contributed by atoms with van der Waals surface area (Å²) in [5, 5.41) is 0.891. The Bertz CT molecular complexity index is 1290. The lowest BCUT2D eigenvalue weighted by molar-refractivity contribution is -0.404. The summed E-state index contributed by atoms with van der Waals surface area (Å²) >= 11 is 6.29. The summed E-state index contributed by atoms with van der Waals surface area (Å²) in [5.41, 5.74) is 3.45. The van der Waals surface area contributed by atoms with Crippen LogP contribution in [0.3, 0.4) is 0 Å². The van der Waals surface area contributed by atoms with Crippen molar-refractivity contribution in [2.45, 2.75) is 45.7 Å². The van der Waals surface area contributed by atoms with E-state index in [4.69, 9.17) is 11.6 Å². The lowest BCUT2D eigenvalue weighted by atomic mass is 10.0. The predicted molar refractivity (Wildman–Crippen MR) is 132 cm³/mol. The van der Waals surface area contributed by atoms with E-state index in [0.717, 1.165) is 43.3 Å². The molecular weight excluding hydrogens is 438 g/mol. The van der Waals surface area contributed by atoms with Crippen molar-refractivity contribution in [3.63, 3.8) is 0 Å². The number of rotatable bonds is 5. The van der Waals surface area contributed by atoms with Gasteiger partial charge in [-0.3, -0.25) is 14.2 Å². The highest BCUT2D eigenvalue weighted by molar-refractivity contribution is 6.32. The van der Waals surface area contributed by atoms with E-state index in [1.54, 1.807) is 35.6 Å². The minimum atomic E-state index is -0.0192. The van der Waals surface area contributed by atoms with Gasteiger partial charge in [-0.25, -0.2) is 9.97 Å². The zero-order valence-corrected chi connectivity index (χ0v) is 20.2. The topological polar surface area (TPSA) is 71.1 Å². The standard InChI is InChI=1S/C25H29ClN5O2/c1-16(2)30-9-7-20(8-10-30)31-15-28-22-6-5-18(11-21(22)25(31)33)19-12-23(24(26)27-13-19)29(4)17(3)14-32/h5-6,11-16,20H,7-10H2,1-4H3/q+1. The van der Waals surface area contributed by atoms with E-state index in [0.29, 0.717) is 33.5 Å². The van der Waals surface area contributed by atoms with Crippen LogP contribution >= 0.6 is 11.6 Å². The number of benzene rings is 1. The van der Waals surface area contributed by atoms with Gasteiger partial charge in [-0.05, 0) is 44.4 Å². The van der Waals surface area contributed by atoms with E-state index in [9.17, 15) is 9.59 Å². The van der Waals surface area contributed by atoms with Crippen LogP contribution in [-0.2, 0) is 4.79 Å². The largest absolute Gasteiger partial charge is 0.301 e. The fourth-order valence-electron chi connectivity index (χ4n) is 4.35. The van der Waals surface area contributed by atoms with Crippen LogP contribution in [0.15, 0.2) is 41.6 Å². The maximum atomic E-state index is 13.4. The molecule has 0 saturated carbocycles. The van der Waals surface area contributed by atoms with Crippen molar-refractivity contribution < 1.29 is 9.37 Å². The first-order valence-corrected chi connectivity index (χ1v) is 11.6. The Kier molecular flexibility index (Phi) is 6.72. The molecule has 0 bridgehead atoms. The summed E-state index contributed by atoms with van der Waals surface area (Å²) < 4.78 is 3.50. The predicted octanol–water partition coefficient (Wildman–Crippen LogP) is 4.09. The summed E-state index contributed by atoms with van der Waals surface area (Å²) in [6.07, 6.45) is 6.02. The summed E-state index contributed by atoms with van der Waals surface area (Å²) in [5.74, 6) is 0. The molecule has 8 heteroatoms. The van der Waals surface area contributed by atoms with Crippen LogP contribution in [0.4, 0.5) is 5.69 Å². The van der Waals surface area contributed by atoms with Gasteiger partial charge in [0.25, 0.3) is 5.56 Å². The lowest BCUT2D eigenvalue weighted by Crippen LogP contribution is -2.40. The fraction of sp³-hybridized carbons (Fsp3) is 0.400. The zero-order chi connectivity index (χ0) is 23.7. The van der Waals surface area contributed by atoms with Gasteiger partial charge >= 0.3 is 0 Å². The molecule has 33 heavy (non-hydrogen) atoms. The number of carbonyl (C=O) groups excluding carboxylic acids is 1. The van der Waals surface area contributed by atoms with E-state index in [2.05, 4.69) is 28.7 Å². The molecule has 1 aliphatic rings. The summed E-state index contributed by atoms with van der Waals surface area (Å²) in [6, 6.07) is 8.20. The van der Waals surface area contributed by atoms with Gasteiger partial charge in [-0.1, -0.05) is 17.7 Å². The van der Waals surface area contributed by atoms with Crippen LogP contribution in [0.25, 0.3) is 22.0 Å². The van der Waals surface area contributed by atoms with Crippen molar-refractivity contribution in [1.82, 2.24) is 19.4 Å². The highest BCUT2D eigenvalue weighted by Gasteiger charge is 2.23. The molecule has 1 fully saturated rings. The minimum Gasteiger partial charge on any atom is -0.301 e. The van der Waals surface area contributed by atoms with Gasteiger partial charge in [-0.2, -0.15) is 4.58 Å². The number of likely N-dealkylation sites (tertiary alicyclic amines) is 1. The Labute approximate surface area is 198 Å². The highest BCUT2D eigenvalue weighted by Crippen LogP contribution is 2.30. The van der Waals surface area contributed by atoms with Gasteiger partial charge < -0.3 is 4.90 Å². The smallest absolute Gasteiger partial charge is 0.261 e. The number of carbonyl (C=O) groups is 1. The maximum absolute atomic E-state index is 13.4. The average molecular weight is 467 g/mol. The van der Waals surface area contributed by atoms with Crippen molar-refractivity contribution in [1.29, 1.82) is 0 Å². The van der Waals surface area contributed by atoms with Crippen LogP contribution in [0.5, 0.6) is 0 Å². The van der Waals surface area contributed by atoms with Crippen molar-refractivity contribution in [2.24, 2.45) is 0 Å². The SMILES string of the molecule is CC(C=O)=[N+](C)c1cc(-c2ccc3ncn(C4CCN(C(C)C)CC4)c(=O)c3c2)cnc1Cl. The molecule has 7 nitrogen and oxygen atoms in total.